The van der Waals surface area contributed by atoms with Crippen molar-refractivity contribution >= 4 is 16.9 Å². The normalized spacial score (nSPS) is 14.2. The van der Waals surface area contributed by atoms with Crippen molar-refractivity contribution < 1.29 is 14.6 Å². The number of imidazole rings is 2. The third-order valence-corrected chi connectivity index (χ3v) is 7.20. The molecule has 1 saturated heterocycles. The summed E-state index contributed by atoms with van der Waals surface area (Å²) in [4.78, 5) is 34.2. The van der Waals surface area contributed by atoms with E-state index in [1.54, 1.807) is 19.4 Å². The molecule has 0 bridgehead atoms. The molecule has 0 aliphatic carbocycles. The highest BCUT2D eigenvalue weighted by Gasteiger charge is 2.23. The van der Waals surface area contributed by atoms with Crippen LogP contribution in [-0.2, 0) is 13.6 Å². The van der Waals surface area contributed by atoms with Crippen LogP contribution < -0.4 is 4.74 Å². The number of aromatic amines is 1. The predicted molar refractivity (Wildman–Crippen MR) is 147 cm³/mol. The van der Waals surface area contributed by atoms with E-state index in [1.807, 2.05) is 71.4 Å². The molecule has 0 atom stereocenters. The van der Waals surface area contributed by atoms with Gasteiger partial charge in [-0.1, -0.05) is 6.07 Å². The Labute approximate surface area is 225 Å². The second kappa shape index (κ2) is 10.2. The van der Waals surface area contributed by atoms with Crippen molar-refractivity contribution in [3.63, 3.8) is 0 Å². The maximum Gasteiger partial charge on any atom is 0.254 e. The van der Waals surface area contributed by atoms with E-state index >= 15 is 0 Å². The van der Waals surface area contributed by atoms with E-state index in [-0.39, 0.29) is 11.7 Å². The summed E-state index contributed by atoms with van der Waals surface area (Å²) in [5.74, 6) is 2.13. The minimum Gasteiger partial charge on any atom is -0.507 e. The first-order valence-electron chi connectivity index (χ1n) is 12.8. The van der Waals surface area contributed by atoms with Crippen molar-refractivity contribution in [2.75, 3.05) is 33.3 Å². The number of nitrogens with one attached hydrogen (secondary N) is 1. The third-order valence-electron chi connectivity index (χ3n) is 7.20. The quantitative estimate of drug-likeness (QED) is 0.349. The zero-order valence-electron chi connectivity index (χ0n) is 21.8. The van der Waals surface area contributed by atoms with Crippen molar-refractivity contribution in [2.45, 2.75) is 6.54 Å². The summed E-state index contributed by atoms with van der Waals surface area (Å²) in [6, 6.07) is 14.5. The van der Waals surface area contributed by atoms with Gasteiger partial charge < -0.3 is 24.3 Å². The van der Waals surface area contributed by atoms with E-state index < -0.39 is 0 Å². The Morgan fingerprint density at radius 1 is 1.03 bits per heavy atom. The highest BCUT2D eigenvalue weighted by atomic mass is 16.5. The van der Waals surface area contributed by atoms with Crippen molar-refractivity contribution in [1.82, 2.24) is 34.3 Å². The van der Waals surface area contributed by atoms with Crippen LogP contribution in [0.3, 0.4) is 0 Å². The lowest BCUT2D eigenvalue weighted by Crippen LogP contribution is -2.48. The second-order valence-electron chi connectivity index (χ2n) is 9.63. The number of pyridine rings is 1. The molecular weight excluding hydrogens is 494 g/mol. The lowest BCUT2D eigenvalue weighted by molar-refractivity contribution is 0.0624. The number of hydrogen-bond acceptors (Lipinski definition) is 7. The van der Waals surface area contributed by atoms with Gasteiger partial charge in [-0.2, -0.15) is 0 Å². The van der Waals surface area contributed by atoms with Crippen LogP contribution in [0.25, 0.3) is 33.5 Å². The van der Waals surface area contributed by atoms with Gasteiger partial charge in [-0.25, -0.2) is 15.0 Å². The van der Waals surface area contributed by atoms with Gasteiger partial charge in [0.25, 0.3) is 5.91 Å². The molecule has 0 saturated carbocycles. The Morgan fingerprint density at radius 2 is 1.87 bits per heavy atom. The molecule has 1 aliphatic rings. The number of rotatable bonds is 6. The summed E-state index contributed by atoms with van der Waals surface area (Å²) in [5, 5.41) is 10.6. The number of fused-ring (bicyclic) bond motifs is 1. The molecule has 3 aromatic heterocycles. The van der Waals surface area contributed by atoms with Crippen LogP contribution in [0.15, 0.2) is 67.1 Å². The number of nitrogens with zero attached hydrogens (tertiary/aromatic N) is 6. The van der Waals surface area contributed by atoms with E-state index in [4.69, 9.17) is 4.74 Å². The molecule has 10 nitrogen and oxygen atoms in total. The molecule has 4 heterocycles. The minimum absolute atomic E-state index is 0.00166. The van der Waals surface area contributed by atoms with Crippen LogP contribution in [0.1, 0.15) is 16.2 Å². The van der Waals surface area contributed by atoms with Gasteiger partial charge in [0.15, 0.2) is 0 Å². The van der Waals surface area contributed by atoms with E-state index in [1.165, 1.54) is 0 Å². The van der Waals surface area contributed by atoms with Gasteiger partial charge in [0.05, 0.1) is 30.3 Å². The van der Waals surface area contributed by atoms with Crippen LogP contribution in [0.5, 0.6) is 11.6 Å². The molecule has 198 valence electrons. The second-order valence-corrected chi connectivity index (χ2v) is 9.63. The SMILES string of the molecule is COc1ncccc1-c1ccc(O)c(-c2nc3ccc(C(=O)N4CCN(Cc5nccn5C)CC4)cc3[nH]2)c1. The Balaban J connectivity index is 1.21. The number of benzene rings is 2. The molecule has 1 aliphatic heterocycles. The zero-order valence-corrected chi connectivity index (χ0v) is 21.8. The summed E-state index contributed by atoms with van der Waals surface area (Å²) in [6.45, 7) is 3.69. The number of aromatic hydroxyl groups is 1. The molecule has 0 unspecified atom stereocenters. The summed E-state index contributed by atoms with van der Waals surface area (Å²) >= 11 is 0. The Morgan fingerprint density at radius 3 is 2.64 bits per heavy atom. The number of piperazine rings is 1. The number of carbonyl (C=O) groups excluding carboxylic acids is 1. The van der Waals surface area contributed by atoms with Crippen molar-refractivity contribution in [1.29, 1.82) is 0 Å². The Hall–Kier alpha value is -4.70. The highest BCUT2D eigenvalue weighted by molar-refractivity contribution is 5.98. The summed E-state index contributed by atoms with van der Waals surface area (Å²) in [6.07, 6.45) is 5.42. The molecule has 0 spiro atoms. The maximum atomic E-state index is 13.3. The smallest absolute Gasteiger partial charge is 0.254 e. The summed E-state index contributed by atoms with van der Waals surface area (Å²) in [7, 11) is 3.57. The van der Waals surface area contributed by atoms with Gasteiger partial charge in [0, 0.05) is 62.9 Å². The van der Waals surface area contributed by atoms with E-state index in [9.17, 15) is 9.90 Å². The highest BCUT2D eigenvalue weighted by Crippen LogP contribution is 2.35. The average molecular weight is 524 g/mol. The molecule has 1 amide bonds. The first kappa shape index (κ1) is 24.6. The average Bonchev–Trinajstić information content (AvgIpc) is 3.58. The number of H-pyrrole nitrogens is 1. The fraction of sp³-hybridized carbons (Fsp3) is 0.241. The van der Waals surface area contributed by atoms with E-state index in [2.05, 4.69) is 24.8 Å². The number of methoxy groups -OCH3 is 1. The number of amides is 1. The fourth-order valence-corrected chi connectivity index (χ4v) is 4.98. The predicted octanol–water partition coefficient (Wildman–Crippen LogP) is 3.70. The molecular formula is C29H29N7O3. The maximum absolute atomic E-state index is 13.3. The zero-order chi connectivity index (χ0) is 26.9. The number of aryl methyl sites for hydroxylation is 1. The molecule has 0 radical (unpaired) electrons. The molecule has 10 heteroatoms. The number of phenols is 1. The third kappa shape index (κ3) is 4.82. The minimum atomic E-state index is -0.00166. The fourth-order valence-electron chi connectivity index (χ4n) is 4.98. The van der Waals surface area contributed by atoms with E-state index in [0.717, 1.165) is 42.1 Å². The van der Waals surface area contributed by atoms with Crippen LogP contribution >= 0.6 is 0 Å². The standard InChI is InChI=1S/C29H29N7O3/c1-34-11-10-30-26(34)18-35-12-14-36(15-13-35)29(38)20-5-7-23-24(17-20)33-27(32-23)22-16-19(6-8-25(22)37)21-4-3-9-31-28(21)39-2/h3-11,16-17,37H,12-15,18H2,1-2H3,(H,32,33). The number of hydrogen-bond donors (Lipinski definition) is 2. The molecule has 39 heavy (non-hydrogen) atoms. The van der Waals surface area contributed by atoms with Crippen molar-refractivity contribution in [3.8, 4) is 34.1 Å². The first-order chi connectivity index (χ1) is 19.0. The topological polar surface area (TPSA) is 112 Å². The van der Waals surface area contributed by atoms with Gasteiger partial charge in [-0.05, 0) is 48.0 Å². The largest absolute Gasteiger partial charge is 0.507 e. The van der Waals surface area contributed by atoms with Crippen LogP contribution in [-0.4, -0.2) is 78.6 Å². The molecule has 1 fully saturated rings. The Kier molecular flexibility index (Phi) is 6.45. The van der Waals surface area contributed by atoms with Gasteiger partial charge >= 0.3 is 0 Å². The van der Waals surface area contributed by atoms with Gasteiger partial charge in [-0.3, -0.25) is 9.69 Å². The molecule has 5 aromatic rings. The van der Waals surface area contributed by atoms with Crippen LogP contribution in [0.4, 0.5) is 0 Å². The number of phenolic OH excluding ortho intramolecular Hbond substituents is 1. The van der Waals surface area contributed by atoms with Crippen molar-refractivity contribution in [2.24, 2.45) is 7.05 Å². The molecule has 2 aromatic carbocycles. The van der Waals surface area contributed by atoms with Gasteiger partial charge in [0.2, 0.25) is 5.88 Å². The van der Waals surface area contributed by atoms with Gasteiger partial charge in [-0.15, -0.1) is 0 Å². The Bertz CT molecular complexity index is 1650. The first-order valence-corrected chi connectivity index (χ1v) is 12.8. The number of ether oxygens (including phenoxy) is 1. The molecule has 2 N–H and O–H groups in total. The lowest BCUT2D eigenvalue weighted by Gasteiger charge is -2.34. The monoisotopic (exact) mass is 523 g/mol. The number of aromatic nitrogens is 5. The summed E-state index contributed by atoms with van der Waals surface area (Å²) < 4.78 is 7.43. The van der Waals surface area contributed by atoms with Crippen LogP contribution in [0, 0.1) is 0 Å². The number of carbonyl (C=O) groups is 1. The molecule has 6 rings (SSSR count). The van der Waals surface area contributed by atoms with E-state index in [0.29, 0.717) is 41.4 Å². The lowest BCUT2D eigenvalue weighted by atomic mass is 10.0. The summed E-state index contributed by atoms with van der Waals surface area (Å²) in [5.41, 5.74) is 4.24. The van der Waals surface area contributed by atoms with Crippen molar-refractivity contribution in [3.05, 3.63) is 78.5 Å². The van der Waals surface area contributed by atoms with Gasteiger partial charge in [0.1, 0.15) is 17.4 Å². The van der Waals surface area contributed by atoms with Crippen LogP contribution in [0.2, 0.25) is 0 Å².